The van der Waals surface area contributed by atoms with Gasteiger partial charge >= 0.3 is 5.97 Å². The van der Waals surface area contributed by atoms with Crippen molar-refractivity contribution < 1.29 is 19.5 Å². The third-order valence-electron chi connectivity index (χ3n) is 3.42. The molecule has 1 saturated carbocycles. The highest BCUT2D eigenvalue weighted by Gasteiger charge is 2.61. The summed E-state index contributed by atoms with van der Waals surface area (Å²) in [5, 5.41) is 8.62. The first-order valence-electron chi connectivity index (χ1n) is 5.44. The largest absolute Gasteiger partial charge is 0.481 e. The normalized spacial score (nSPS) is 28.2. The molecule has 0 radical (unpaired) electrons. The van der Waals surface area contributed by atoms with E-state index in [0.717, 1.165) is 0 Å². The predicted molar refractivity (Wildman–Crippen MR) is 54.4 cm³/mol. The number of fused-ring (bicyclic) bond motifs is 1. The first-order chi connectivity index (χ1) is 7.34. The van der Waals surface area contributed by atoms with Crippen molar-refractivity contribution in [2.45, 2.75) is 38.6 Å². The van der Waals surface area contributed by atoms with Crippen LogP contribution in [0, 0.1) is 11.8 Å². The van der Waals surface area contributed by atoms with Crippen LogP contribution in [0.15, 0.2) is 0 Å². The lowest BCUT2D eigenvalue weighted by atomic mass is 9.95. The number of likely N-dealkylation sites (tertiary alicyclic amines) is 1. The molecule has 5 heteroatoms. The zero-order valence-corrected chi connectivity index (χ0v) is 9.40. The summed E-state index contributed by atoms with van der Waals surface area (Å²) in [4.78, 5) is 35.4. The minimum Gasteiger partial charge on any atom is -0.481 e. The number of imide groups is 1. The molecule has 2 aliphatic rings. The molecule has 2 amide bonds. The Hall–Kier alpha value is -1.39. The van der Waals surface area contributed by atoms with Crippen molar-refractivity contribution in [1.82, 2.24) is 4.90 Å². The van der Waals surface area contributed by atoms with E-state index in [0.29, 0.717) is 12.8 Å². The van der Waals surface area contributed by atoms with Gasteiger partial charge in [0.25, 0.3) is 0 Å². The van der Waals surface area contributed by atoms with Gasteiger partial charge in [-0.25, -0.2) is 0 Å². The summed E-state index contributed by atoms with van der Waals surface area (Å²) < 4.78 is 0. The molecule has 88 valence electrons. The fourth-order valence-electron chi connectivity index (χ4n) is 2.30. The summed E-state index contributed by atoms with van der Waals surface area (Å²) in [5.41, 5.74) is -0.681. The summed E-state index contributed by atoms with van der Waals surface area (Å²) >= 11 is 0. The SMILES string of the molecule is CC(C)(CCC(=O)O)N1C(=O)C2CC2C1=O. The molecule has 2 atom stereocenters. The van der Waals surface area contributed by atoms with Crippen LogP contribution in [0.4, 0.5) is 0 Å². The quantitative estimate of drug-likeness (QED) is 0.712. The van der Waals surface area contributed by atoms with Crippen molar-refractivity contribution in [3.8, 4) is 0 Å². The lowest BCUT2D eigenvalue weighted by Gasteiger charge is -2.34. The number of rotatable bonds is 4. The van der Waals surface area contributed by atoms with Crippen molar-refractivity contribution in [1.29, 1.82) is 0 Å². The second kappa shape index (κ2) is 3.30. The van der Waals surface area contributed by atoms with E-state index in [4.69, 9.17) is 5.11 Å². The molecule has 1 aliphatic carbocycles. The highest BCUT2D eigenvalue weighted by Crippen LogP contribution is 2.49. The Bertz CT molecular complexity index is 354. The molecule has 2 fully saturated rings. The van der Waals surface area contributed by atoms with Crippen LogP contribution < -0.4 is 0 Å². The van der Waals surface area contributed by atoms with Crippen LogP contribution in [0.3, 0.4) is 0 Å². The van der Waals surface area contributed by atoms with E-state index in [1.807, 2.05) is 0 Å². The summed E-state index contributed by atoms with van der Waals surface area (Å²) in [5.74, 6) is -1.37. The van der Waals surface area contributed by atoms with E-state index >= 15 is 0 Å². The maximum Gasteiger partial charge on any atom is 0.303 e. The van der Waals surface area contributed by atoms with Crippen LogP contribution in [0.2, 0.25) is 0 Å². The van der Waals surface area contributed by atoms with Crippen LogP contribution in [0.5, 0.6) is 0 Å². The molecule has 0 aromatic carbocycles. The Labute approximate surface area is 93.4 Å². The number of nitrogens with zero attached hydrogens (tertiary/aromatic N) is 1. The van der Waals surface area contributed by atoms with Crippen LogP contribution in [-0.2, 0) is 14.4 Å². The first kappa shape index (κ1) is 11.1. The van der Waals surface area contributed by atoms with E-state index in [1.54, 1.807) is 13.8 Å². The summed E-state index contributed by atoms with van der Waals surface area (Å²) in [6.45, 7) is 3.49. The highest BCUT2D eigenvalue weighted by molar-refractivity contribution is 6.09. The second-order valence-electron chi connectivity index (χ2n) is 5.17. The van der Waals surface area contributed by atoms with Gasteiger partial charge in [0.05, 0.1) is 11.8 Å². The maximum absolute atomic E-state index is 11.8. The molecule has 0 bridgehead atoms. The van der Waals surface area contributed by atoms with Gasteiger partial charge in [-0.05, 0) is 26.7 Å². The molecule has 1 N–H and O–H groups in total. The van der Waals surface area contributed by atoms with Crippen LogP contribution in [-0.4, -0.2) is 33.3 Å². The summed E-state index contributed by atoms with van der Waals surface area (Å²) in [6, 6.07) is 0. The molecular weight excluding hydrogens is 210 g/mol. The fourth-order valence-corrected chi connectivity index (χ4v) is 2.30. The average Bonchev–Trinajstić information content (AvgIpc) is 2.89. The topological polar surface area (TPSA) is 74.7 Å². The van der Waals surface area contributed by atoms with Crippen LogP contribution >= 0.6 is 0 Å². The number of aliphatic carboxylic acids is 1. The maximum atomic E-state index is 11.8. The van der Waals surface area contributed by atoms with E-state index in [-0.39, 0.29) is 30.1 Å². The Morgan fingerprint density at radius 3 is 2.31 bits per heavy atom. The van der Waals surface area contributed by atoms with Gasteiger partial charge in [-0.2, -0.15) is 0 Å². The molecule has 2 unspecified atom stereocenters. The van der Waals surface area contributed by atoms with Gasteiger partial charge in [0.2, 0.25) is 11.8 Å². The Balaban J connectivity index is 2.08. The number of piperidine rings is 1. The van der Waals surface area contributed by atoms with E-state index in [1.165, 1.54) is 4.90 Å². The zero-order chi connectivity index (χ0) is 12.1. The molecule has 2 rings (SSSR count). The van der Waals surface area contributed by atoms with Crippen molar-refractivity contribution in [2.24, 2.45) is 11.8 Å². The number of hydrogen-bond donors (Lipinski definition) is 1. The van der Waals surface area contributed by atoms with Gasteiger partial charge in [-0.15, -0.1) is 0 Å². The van der Waals surface area contributed by atoms with E-state index in [2.05, 4.69) is 0 Å². The number of carboxylic acid groups (broad SMARTS) is 1. The van der Waals surface area contributed by atoms with Crippen LogP contribution in [0.25, 0.3) is 0 Å². The Morgan fingerprint density at radius 2 is 1.88 bits per heavy atom. The molecule has 1 aliphatic heterocycles. The third-order valence-corrected chi connectivity index (χ3v) is 3.42. The van der Waals surface area contributed by atoms with Gasteiger partial charge in [0.1, 0.15) is 0 Å². The van der Waals surface area contributed by atoms with Gasteiger partial charge in [-0.3, -0.25) is 19.3 Å². The minimum absolute atomic E-state index is 0.0284. The highest BCUT2D eigenvalue weighted by atomic mass is 16.4. The standard InChI is InChI=1S/C11H15NO4/c1-11(2,4-3-8(13)14)12-9(15)6-5-7(6)10(12)16/h6-7H,3-5H2,1-2H3,(H,13,14). The summed E-state index contributed by atoms with van der Waals surface area (Å²) in [6.07, 6.45) is 0.960. The number of carbonyl (C=O) groups excluding carboxylic acids is 2. The number of carbonyl (C=O) groups is 3. The Morgan fingerprint density at radius 1 is 1.38 bits per heavy atom. The number of amides is 2. The molecule has 0 aromatic heterocycles. The Kier molecular flexibility index (Phi) is 2.29. The minimum atomic E-state index is -0.905. The van der Waals surface area contributed by atoms with E-state index < -0.39 is 11.5 Å². The van der Waals surface area contributed by atoms with Crippen molar-refractivity contribution in [2.75, 3.05) is 0 Å². The second-order valence-corrected chi connectivity index (χ2v) is 5.17. The first-order valence-corrected chi connectivity index (χ1v) is 5.44. The molecule has 1 heterocycles. The van der Waals surface area contributed by atoms with Gasteiger partial charge in [-0.1, -0.05) is 0 Å². The molecule has 16 heavy (non-hydrogen) atoms. The van der Waals surface area contributed by atoms with Crippen molar-refractivity contribution in [3.63, 3.8) is 0 Å². The van der Waals surface area contributed by atoms with Crippen molar-refractivity contribution in [3.05, 3.63) is 0 Å². The fraction of sp³-hybridized carbons (Fsp3) is 0.727. The lowest BCUT2D eigenvalue weighted by Crippen LogP contribution is -2.49. The van der Waals surface area contributed by atoms with Gasteiger partial charge in [0, 0.05) is 12.0 Å². The zero-order valence-electron chi connectivity index (χ0n) is 9.40. The molecule has 0 spiro atoms. The van der Waals surface area contributed by atoms with Gasteiger partial charge in [0.15, 0.2) is 0 Å². The number of carboxylic acids is 1. The predicted octanol–water partition coefficient (Wildman–Crippen LogP) is 0.635. The third kappa shape index (κ3) is 1.60. The smallest absolute Gasteiger partial charge is 0.303 e. The van der Waals surface area contributed by atoms with E-state index in [9.17, 15) is 14.4 Å². The molecule has 0 aromatic rings. The molecular formula is C11H15NO4. The molecule has 1 saturated heterocycles. The average molecular weight is 225 g/mol. The molecule has 5 nitrogen and oxygen atoms in total. The summed E-state index contributed by atoms with van der Waals surface area (Å²) in [7, 11) is 0. The van der Waals surface area contributed by atoms with Crippen LogP contribution in [0.1, 0.15) is 33.1 Å². The monoisotopic (exact) mass is 225 g/mol. The van der Waals surface area contributed by atoms with Crippen molar-refractivity contribution >= 4 is 17.8 Å². The lowest BCUT2D eigenvalue weighted by molar-refractivity contribution is -0.149. The van der Waals surface area contributed by atoms with Gasteiger partial charge < -0.3 is 5.11 Å². The number of hydrogen-bond acceptors (Lipinski definition) is 3.